The molecule has 0 saturated carbocycles. The van der Waals surface area contributed by atoms with Crippen molar-refractivity contribution in [3.63, 3.8) is 0 Å². The molecule has 3 heterocycles. The van der Waals surface area contributed by atoms with Crippen molar-refractivity contribution in [1.29, 1.82) is 0 Å². The number of benzene rings is 2. The lowest BCUT2D eigenvalue weighted by Gasteiger charge is -2.13. The summed E-state index contributed by atoms with van der Waals surface area (Å²) in [5, 5.41) is 4.65. The summed E-state index contributed by atoms with van der Waals surface area (Å²) in [5.74, 6) is -0.293. The summed E-state index contributed by atoms with van der Waals surface area (Å²) in [7, 11) is 0. The topological polar surface area (TPSA) is 91.1 Å². The van der Waals surface area contributed by atoms with Gasteiger partial charge in [-0.05, 0) is 49.2 Å². The number of aryl methyl sites for hydroxylation is 2. The van der Waals surface area contributed by atoms with Gasteiger partial charge >= 0.3 is 5.69 Å². The zero-order valence-corrected chi connectivity index (χ0v) is 18.2. The van der Waals surface area contributed by atoms with E-state index in [4.69, 9.17) is 5.73 Å². The van der Waals surface area contributed by atoms with Crippen molar-refractivity contribution in [3.8, 4) is 22.4 Å². The highest BCUT2D eigenvalue weighted by Gasteiger charge is 2.22. The van der Waals surface area contributed by atoms with Crippen LogP contribution in [-0.4, -0.2) is 24.1 Å². The summed E-state index contributed by atoms with van der Waals surface area (Å²) in [6.07, 6.45) is 0. The molecule has 0 amide bonds. The molecule has 0 fully saturated rings. The van der Waals surface area contributed by atoms with E-state index in [9.17, 15) is 9.18 Å². The SMILES string of the molecule is Cc1cc(-c2c(-c3ccccc3)nc(N)n3c(=O)n(Cc4ccc(F)cc4)nc23)cc(C)n1. The number of nitrogens with zero attached hydrogens (tertiary/aromatic N) is 5. The highest BCUT2D eigenvalue weighted by Crippen LogP contribution is 2.34. The Hall–Kier alpha value is -4.33. The molecular formula is C25H21FN6O. The van der Waals surface area contributed by atoms with Crippen LogP contribution in [0.2, 0.25) is 0 Å². The number of pyridine rings is 1. The van der Waals surface area contributed by atoms with E-state index in [-0.39, 0.29) is 18.3 Å². The molecule has 0 spiro atoms. The van der Waals surface area contributed by atoms with Gasteiger partial charge in [-0.25, -0.2) is 23.3 Å². The largest absolute Gasteiger partial charge is 0.369 e. The Morgan fingerprint density at radius 1 is 0.909 bits per heavy atom. The van der Waals surface area contributed by atoms with E-state index in [1.54, 1.807) is 12.1 Å². The van der Waals surface area contributed by atoms with Crippen LogP contribution in [0.15, 0.2) is 71.5 Å². The van der Waals surface area contributed by atoms with Crippen LogP contribution in [0.5, 0.6) is 0 Å². The van der Waals surface area contributed by atoms with Crippen molar-refractivity contribution in [2.24, 2.45) is 0 Å². The van der Waals surface area contributed by atoms with Crippen LogP contribution in [0, 0.1) is 19.7 Å². The first kappa shape index (κ1) is 20.6. The molecule has 0 saturated heterocycles. The molecule has 7 nitrogen and oxygen atoms in total. The minimum atomic E-state index is -0.414. The predicted octanol–water partition coefficient (Wildman–Crippen LogP) is 4.01. The molecule has 0 atom stereocenters. The Bertz CT molecular complexity index is 1520. The quantitative estimate of drug-likeness (QED) is 0.456. The number of nitrogen functional groups attached to an aromatic ring is 1. The van der Waals surface area contributed by atoms with Crippen molar-refractivity contribution >= 4 is 11.6 Å². The molecule has 5 rings (SSSR count). The summed E-state index contributed by atoms with van der Waals surface area (Å²) in [5.41, 5.74) is 11.7. The summed E-state index contributed by atoms with van der Waals surface area (Å²) in [6, 6.07) is 19.5. The summed E-state index contributed by atoms with van der Waals surface area (Å²) < 4.78 is 16.0. The van der Waals surface area contributed by atoms with Crippen LogP contribution >= 0.6 is 0 Å². The molecule has 8 heteroatoms. The van der Waals surface area contributed by atoms with Gasteiger partial charge in [-0.3, -0.25) is 4.98 Å². The molecule has 2 N–H and O–H groups in total. The fraction of sp³-hybridized carbons (Fsp3) is 0.120. The molecule has 0 aliphatic heterocycles. The third kappa shape index (κ3) is 3.76. The first-order chi connectivity index (χ1) is 15.9. The van der Waals surface area contributed by atoms with Gasteiger partial charge in [0.05, 0.1) is 17.8 Å². The maximum absolute atomic E-state index is 13.3. The highest BCUT2D eigenvalue weighted by atomic mass is 19.1. The molecule has 3 aromatic heterocycles. The van der Waals surface area contributed by atoms with Crippen molar-refractivity contribution in [2.75, 3.05) is 5.73 Å². The standard InChI is InChI=1S/C25H21FN6O/c1-15-12-19(13-16(2)28-15)21-22(18-6-4-3-5-7-18)29-24(27)32-23(21)30-31(25(32)33)14-17-8-10-20(26)11-9-17/h3-13H,14H2,1-2H3,(H2,27,29). The zero-order valence-electron chi connectivity index (χ0n) is 18.2. The van der Waals surface area contributed by atoms with E-state index in [0.717, 1.165) is 28.1 Å². The molecule has 0 radical (unpaired) electrons. The van der Waals surface area contributed by atoms with Crippen LogP contribution in [0.3, 0.4) is 0 Å². The second-order valence-corrected chi connectivity index (χ2v) is 7.92. The fourth-order valence-corrected chi connectivity index (χ4v) is 4.02. The van der Waals surface area contributed by atoms with Gasteiger partial charge in [0.25, 0.3) is 0 Å². The van der Waals surface area contributed by atoms with Gasteiger partial charge < -0.3 is 5.73 Å². The molecule has 0 aliphatic rings. The van der Waals surface area contributed by atoms with Crippen molar-refractivity contribution < 1.29 is 4.39 Å². The Labute approximate surface area is 189 Å². The van der Waals surface area contributed by atoms with Crippen molar-refractivity contribution in [1.82, 2.24) is 24.1 Å². The third-order valence-electron chi connectivity index (χ3n) is 5.42. The fourth-order valence-electron chi connectivity index (χ4n) is 4.02. The molecule has 0 bridgehead atoms. The second-order valence-electron chi connectivity index (χ2n) is 7.92. The van der Waals surface area contributed by atoms with Crippen molar-refractivity contribution in [2.45, 2.75) is 20.4 Å². The van der Waals surface area contributed by atoms with Crippen LogP contribution in [0.1, 0.15) is 17.0 Å². The maximum Gasteiger partial charge on any atom is 0.353 e. The van der Waals surface area contributed by atoms with Gasteiger partial charge in [0.15, 0.2) is 5.65 Å². The van der Waals surface area contributed by atoms with E-state index in [1.807, 2.05) is 56.3 Å². The first-order valence-corrected chi connectivity index (χ1v) is 10.5. The number of aromatic nitrogens is 5. The lowest BCUT2D eigenvalue weighted by molar-refractivity contribution is 0.622. The van der Waals surface area contributed by atoms with Gasteiger partial charge in [0.2, 0.25) is 5.95 Å². The van der Waals surface area contributed by atoms with E-state index in [0.29, 0.717) is 16.9 Å². The molecular weight excluding hydrogens is 419 g/mol. The monoisotopic (exact) mass is 440 g/mol. The second kappa shape index (κ2) is 7.98. The molecule has 2 aromatic carbocycles. The van der Waals surface area contributed by atoms with E-state index >= 15 is 0 Å². The Morgan fingerprint density at radius 3 is 2.24 bits per heavy atom. The average Bonchev–Trinajstić information content (AvgIpc) is 3.11. The molecule has 33 heavy (non-hydrogen) atoms. The number of hydrogen-bond donors (Lipinski definition) is 1. The van der Waals surface area contributed by atoms with Crippen LogP contribution in [0.25, 0.3) is 28.0 Å². The minimum Gasteiger partial charge on any atom is -0.369 e. The number of anilines is 1. The number of rotatable bonds is 4. The molecule has 5 aromatic rings. The Morgan fingerprint density at radius 2 is 1.58 bits per heavy atom. The van der Waals surface area contributed by atoms with Gasteiger partial charge in [-0.15, -0.1) is 5.10 Å². The minimum absolute atomic E-state index is 0.0467. The first-order valence-electron chi connectivity index (χ1n) is 10.5. The number of fused-ring (bicyclic) bond motifs is 1. The van der Waals surface area contributed by atoms with E-state index in [2.05, 4.69) is 15.1 Å². The molecule has 164 valence electrons. The van der Waals surface area contributed by atoms with Crippen LogP contribution in [-0.2, 0) is 6.54 Å². The normalized spacial score (nSPS) is 11.2. The van der Waals surface area contributed by atoms with E-state index in [1.165, 1.54) is 21.2 Å². The number of nitrogens with two attached hydrogens (primary N) is 1. The maximum atomic E-state index is 13.3. The average molecular weight is 440 g/mol. The van der Waals surface area contributed by atoms with E-state index < -0.39 is 5.69 Å². The highest BCUT2D eigenvalue weighted by molar-refractivity contribution is 5.90. The van der Waals surface area contributed by atoms with Crippen molar-refractivity contribution in [3.05, 3.63) is 100.0 Å². The smallest absolute Gasteiger partial charge is 0.353 e. The molecule has 0 unspecified atom stereocenters. The summed E-state index contributed by atoms with van der Waals surface area (Å²) in [4.78, 5) is 22.3. The Balaban J connectivity index is 1.81. The van der Waals surface area contributed by atoms with Crippen LogP contribution < -0.4 is 11.4 Å². The van der Waals surface area contributed by atoms with Gasteiger partial charge in [-0.1, -0.05) is 42.5 Å². The van der Waals surface area contributed by atoms with Gasteiger partial charge in [0, 0.05) is 17.0 Å². The molecule has 0 aliphatic carbocycles. The lowest BCUT2D eigenvalue weighted by atomic mass is 9.99. The number of hydrogen-bond acceptors (Lipinski definition) is 5. The summed E-state index contributed by atoms with van der Waals surface area (Å²) >= 11 is 0. The van der Waals surface area contributed by atoms with Crippen LogP contribution in [0.4, 0.5) is 10.3 Å². The number of halogens is 1. The predicted molar refractivity (Wildman–Crippen MR) is 125 cm³/mol. The summed E-state index contributed by atoms with van der Waals surface area (Å²) in [6.45, 7) is 4.01. The van der Waals surface area contributed by atoms with Gasteiger partial charge in [0.1, 0.15) is 5.82 Å². The lowest BCUT2D eigenvalue weighted by Crippen LogP contribution is -2.23. The third-order valence-corrected chi connectivity index (χ3v) is 5.42. The van der Waals surface area contributed by atoms with Gasteiger partial charge in [-0.2, -0.15) is 0 Å². The Kier molecular flexibility index (Phi) is 4.97. The zero-order chi connectivity index (χ0) is 23.1.